The van der Waals surface area contributed by atoms with Gasteiger partial charge in [0, 0.05) is 30.1 Å². The molecule has 9 rings (SSSR count). The Hall–Kier alpha value is -5.23. The van der Waals surface area contributed by atoms with Crippen molar-refractivity contribution >= 4 is 33.1 Å². The summed E-state index contributed by atoms with van der Waals surface area (Å²) < 4.78 is 40.7. The van der Waals surface area contributed by atoms with E-state index in [9.17, 15) is 13.6 Å². The zero-order valence-electron chi connectivity index (χ0n) is 27.4. The highest BCUT2D eigenvalue weighted by atomic mass is 32.1. The van der Waals surface area contributed by atoms with Crippen LogP contribution in [0.25, 0.3) is 32.0 Å². The van der Waals surface area contributed by atoms with Crippen molar-refractivity contribution in [3.8, 4) is 27.6 Å². The molecule has 6 aromatic rings. The summed E-state index contributed by atoms with van der Waals surface area (Å²) in [5.74, 6) is 0.929. The minimum atomic E-state index is -0.389. The van der Waals surface area contributed by atoms with E-state index < -0.39 is 0 Å². The quantitative estimate of drug-likeness (QED) is 0.171. The van der Waals surface area contributed by atoms with Crippen LogP contribution in [-0.2, 0) is 19.3 Å². The summed E-state index contributed by atoms with van der Waals surface area (Å²) in [4.78, 5) is 26.9. The lowest BCUT2D eigenvalue weighted by Gasteiger charge is -2.16. The number of thiophene rings is 1. The molecule has 1 amide bonds. The largest absolute Gasteiger partial charge is 0.494 e. The number of amides is 1. The van der Waals surface area contributed by atoms with Gasteiger partial charge in [0.15, 0.2) is 11.6 Å². The summed E-state index contributed by atoms with van der Waals surface area (Å²) in [7, 11) is 1.48. The molecule has 9 nitrogen and oxygen atoms in total. The first kappa shape index (κ1) is 30.8. The number of carbonyl (C=O) groups excluding carboxylic acids is 1. The molecule has 1 saturated heterocycles. The molecule has 2 unspecified atom stereocenters. The first-order valence-electron chi connectivity index (χ1n) is 16.8. The van der Waals surface area contributed by atoms with Crippen LogP contribution in [-0.4, -0.2) is 44.6 Å². The van der Waals surface area contributed by atoms with Gasteiger partial charge < -0.3 is 19.4 Å². The molecule has 3 aliphatic rings. The second kappa shape index (κ2) is 12.0. The Labute approximate surface area is 290 Å². The van der Waals surface area contributed by atoms with Crippen LogP contribution in [0.1, 0.15) is 75.7 Å². The number of aromatic nitrogens is 4. The SMILES string of the molecule is COc1cc2c(cc1F)C(Nc1nccc3cc(-c4c5c(nc(CCc6ccc(F)cc6)c4-c4nnc(C)o4)C4CCCN4C5=O)sc13)CC2. The van der Waals surface area contributed by atoms with Crippen molar-refractivity contribution in [1.29, 1.82) is 0 Å². The van der Waals surface area contributed by atoms with Crippen molar-refractivity contribution in [3.63, 3.8) is 0 Å². The highest BCUT2D eigenvalue weighted by molar-refractivity contribution is 7.23. The summed E-state index contributed by atoms with van der Waals surface area (Å²) in [6, 6.07) is 13.7. The van der Waals surface area contributed by atoms with Crippen LogP contribution >= 0.6 is 11.3 Å². The summed E-state index contributed by atoms with van der Waals surface area (Å²) in [5.41, 5.74) is 6.42. The van der Waals surface area contributed by atoms with E-state index in [-0.39, 0.29) is 35.4 Å². The highest BCUT2D eigenvalue weighted by Gasteiger charge is 2.45. The number of ether oxygens (including phenoxy) is 1. The van der Waals surface area contributed by atoms with Crippen LogP contribution in [0.2, 0.25) is 0 Å². The topological polar surface area (TPSA) is 106 Å². The van der Waals surface area contributed by atoms with E-state index in [1.54, 1.807) is 37.4 Å². The van der Waals surface area contributed by atoms with E-state index >= 15 is 0 Å². The van der Waals surface area contributed by atoms with Gasteiger partial charge in [-0.1, -0.05) is 12.1 Å². The normalized spacial score (nSPS) is 17.8. The summed E-state index contributed by atoms with van der Waals surface area (Å²) in [6.07, 6.45) is 6.25. The smallest absolute Gasteiger partial charge is 0.257 e. The number of hydrogen-bond donors (Lipinski definition) is 1. The number of carbonyl (C=O) groups is 1. The number of benzene rings is 2. The number of nitrogens with zero attached hydrogens (tertiary/aromatic N) is 5. The van der Waals surface area contributed by atoms with Crippen LogP contribution in [0, 0.1) is 18.6 Å². The predicted octanol–water partition coefficient (Wildman–Crippen LogP) is 8.18. The number of nitrogens with one attached hydrogen (secondary N) is 1. The van der Waals surface area contributed by atoms with Crippen molar-refractivity contribution in [2.45, 2.75) is 57.5 Å². The first-order valence-corrected chi connectivity index (χ1v) is 17.6. The summed E-state index contributed by atoms with van der Waals surface area (Å²) in [5, 5.41) is 13.2. The fourth-order valence-electron chi connectivity index (χ4n) is 7.79. The maximum absolute atomic E-state index is 14.8. The molecular weight excluding hydrogens is 659 g/mol. The predicted molar refractivity (Wildman–Crippen MR) is 185 cm³/mol. The van der Waals surface area contributed by atoms with Crippen LogP contribution in [0.5, 0.6) is 5.75 Å². The van der Waals surface area contributed by atoms with Crippen molar-refractivity contribution in [1.82, 2.24) is 25.1 Å². The van der Waals surface area contributed by atoms with Crippen LogP contribution in [0.3, 0.4) is 0 Å². The summed E-state index contributed by atoms with van der Waals surface area (Å²) in [6.45, 7) is 2.42. The van der Waals surface area contributed by atoms with E-state index in [2.05, 4.69) is 21.6 Å². The number of pyridine rings is 2. The Morgan fingerprint density at radius 1 is 1.04 bits per heavy atom. The molecule has 0 bridgehead atoms. The zero-order valence-corrected chi connectivity index (χ0v) is 28.2. The second-order valence-corrected chi connectivity index (χ2v) is 14.1. The fourth-order valence-corrected chi connectivity index (χ4v) is 8.95. The highest BCUT2D eigenvalue weighted by Crippen LogP contribution is 2.50. The number of fused-ring (bicyclic) bond motifs is 5. The zero-order chi connectivity index (χ0) is 34.1. The molecule has 0 spiro atoms. The second-order valence-electron chi connectivity index (χ2n) is 13.1. The molecule has 252 valence electrons. The lowest BCUT2D eigenvalue weighted by Crippen LogP contribution is -2.22. The van der Waals surface area contributed by atoms with Gasteiger partial charge in [-0.2, -0.15) is 0 Å². The van der Waals surface area contributed by atoms with Gasteiger partial charge in [0.2, 0.25) is 11.8 Å². The number of hydrogen-bond acceptors (Lipinski definition) is 9. The number of aryl methyl sites for hydroxylation is 4. The lowest BCUT2D eigenvalue weighted by molar-refractivity contribution is 0.0776. The van der Waals surface area contributed by atoms with Gasteiger partial charge in [0.25, 0.3) is 5.91 Å². The number of rotatable bonds is 8. The number of methoxy groups -OCH3 is 1. The Morgan fingerprint density at radius 2 is 1.90 bits per heavy atom. The van der Waals surface area contributed by atoms with Gasteiger partial charge >= 0.3 is 0 Å². The Morgan fingerprint density at radius 3 is 2.70 bits per heavy atom. The van der Waals surface area contributed by atoms with Gasteiger partial charge in [0.05, 0.1) is 46.4 Å². The summed E-state index contributed by atoms with van der Waals surface area (Å²) >= 11 is 1.54. The Kier molecular flexibility index (Phi) is 7.38. The van der Waals surface area contributed by atoms with Crippen molar-refractivity contribution < 1.29 is 22.7 Å². The molecule has 2 aliphatic heterocycles. The molecule has 50 heavy (non-hydrogen) atoms. The molecule has 4 aromatic heterocycles. The van der Waals surface area contributed by atoms with E-state index in [4.69, 9.17) is 19.1 Å². The molecule has 0 saturated carbocycles. The van der Waals surface area contributed by atoms with Gasteiger partial charge in [-0.3, -0.25) is 9.78 Å². The van der Waals surface area contributed by atoms with Crippen LogP contribution in [0.15, 0.2) is 59.1 Å². The average molecular weight is 691 g/mol. The van der Waals surface area contributed by atoms with Gasteiger partial charge in [-0.05, 0) is 97.0 Å². The van der Waals surface area contributed by atoms with E-state index in [0.29, 0.717) is 48.1 Å². The molecule has 1 fully saturated rings. The van der Waals surface area contributed by atoms with Gasteiger partial charge in [-0.25, -0.2) is 13.8 Å². The third kappa shape index (κ3) is 5.03. The molecule has 2 atom stereocenters. The average Bonchev–Trinajstić information content (AvgIpc) is 3.96. The molecule has 0 radical (unpaired) electrons. The third-order valence-electron chi connectivity index (χ3n) is 10.1. The standard InChI is InChI=1S/C38H32F2N6O3S/c1-19-44-45-37(49-19)31-27(11-7-20-5-9-23(39)10-6-20)42-34-28-4-3-15-46(28)38(47)33(34)32(31)30-17-22-13-14-41-36(35(22)50-30)43-26-12-8-21-16-29(48-2)25(40)18-24(21)26/h5-6,9-10,13-14,16-18,26,28H,3-4,7-8,11-12,15H2,1-2H3,(H,41,43). The van der Waals surface area contributed by atoms with Crippen LogP contribution in [0.4, 0.5) is 14.6 Å². The fraction of sp³-hybridized carbons (Fsp3) is 0.289. The van der Waals surface area contributed by atoms with Gasteiger partial charge in [0.1, 0.15) is 11.6 Å². The number of halogens is 2. The van der Waals surface area contributed by atoms with Gasteiger partial charge in [-0.15, -0.1) is 21.5 Å². The molecule has 6 heterocycles. The van der Waals surface area contributed by atoms with Crippen molar-refractivity contribution in [2.75, 3.05) is 19.0 Å². The lowest BCUT2D eigenvalue weighted by atomic mass is 9.93. The monoisotopic (exact) mass is 690 g/mol. The van der Waals surface area contributed by atoms with E-state index in [0.717, 1.165) is 74.3 Å². The Bertz CT molecular complexity index is 2320. The molecule has 1 aliphatic carbocycles. The maximum atomic E-state index is 14.8. The molecule has 1 N–H and O–H groups in total. The van der Waals surface area contributed by atoms with E-state index in [1.165, 1.54) is 30.6 Å². The molecular formula is C38H32F2N6O3S. The van der Waals surface area contributed by atoms with Crippen LogP contribution < -0.4 is 10.1 Å². The minimum absolute atomic E-state index is 0.0403. The Balaban J connectivity index is 1.19. The molecule has 12 heteroatoms. The number of anilines is 1. The van der Waals surface area contributed by atoms with Crippen molar-refractivity contribution in [2.24, 2.45) is 0 Å². The van der Waals surface area contributed by atoms with Crippen molar-refractivity contribution in [3.05, 3.63) is 106 Å². The first-order chi connectivity index (χ1) is 24.4. The minimum Gasteiger partial charge on any atom is -0.494 e. The molecule has 2 aromatic carbocycles. The maximum Gasteiger partial charge on any atom is 0.257 e. The van der Waals surface area contributed by atoms with E-state index in [1.807, 2.05) is 11.0 Å². The third-order valence-corrected chi connectivity index (χ3v) is 11.3.